The molecule has 1 amide bonds. The summed E-state index contributed by atoms with van der Waals surface area (Å²) < 4.78 is 13.3. The molecule has 1 aliphatic heterocycles. The third-order valence-electron chi connectivity index (χ3n) is 3.95. The van der Waals surface area contributed by atoms with Gasteiger partial charge in [0, 0.05) is 30.4 Å². The van der Waals surface area contributed by atoms with Crippen LogP contribution in [0.4, 0.5) is 10.1 Å². The lowest BCUT2D eigenvalue weighted by Crippen LogP contribution is -2.38. The summed E-state index contributed by atoms with van der Waals surface area (Å²) in [7, 11) is 0. The van der Waals surface area contributed by atoms with Crippen LogP contribution in [0.3, 0.4) is 0 Å². The fraction of sp³-hybridized carbons (Fsp3) is 0.533. The van der Waals surface area contributed by atoms with Crippen molar-refractivity contribution in [1.82, 2.24) is 9.80 Å². The van der Waals surface area contributed by atoms with Crippen molar-refractivity contribution >= 4 is 11.6 Å². The zero-order chi connectivity index (χ0) is 14.7. The molecule has 110 valence electrons. The molecule has 2 rings (SSSR count). The van der Waals surface area contributed by atoms with E-state index in [2.05, 4.69) is 18.7 Å². The second-order valence-corrected chi connectivity index (χ2v) is 5.19. The molecule has 0 saturated carbocycles. The van der Waals surface area contributed by atoms with E-state index in [1.807, 2.05) is 0 Å². The van der Waals surface area contributed by atoms with Crippen LogP contribution >= 0.6 is 0 Å². The van der Waals surface area contributed by atoms with E-state index in [0.29, 0.717) is 18.2 Å². The smallest absolute Gasteiger partial charge is 0.254 e. The number of nitrogens with two attached hydrogens (primary N) is 1. The standard InChI is InChI=1S/C15H22FN3O/c1-3-18(4-2)14-5-6-19(10-14)15(20)11-7-12(16)9-13(17)8-11/h7-9,14H,3-6,10,17H2,1-2H3. The van der Waals surface area contributed by atoms with E-state index in [9.17, 15) is 9.18 Å². The lowest BCUT2D eigenvalue weighted by molar-refractivity contribution is 0.0777. The zero-order valence-electron chi connectivity index (χ0n) is 12.1. The number of anilines is 1. The van der Waals surface area contributed by atoms with Crippen LogP contribution in [0.5, 0.6) is 0 Å². The van der Waals surface area contributed by atoms with Gasteiger partial charge in [0.15, 0.2) is 0 Å². The van der Waals surface area contributed by atoms with Crippen molar-refractivity contribution in [3.8, 4) is 0 Å². The average molecular weight is 279 g/mol. The Morgan fingerprint density at radius 3 is 2.70 bits per heavy atom. The number of carbonyl (C=O) groups is 1. The van der Waals surface area contributed by atoms with Gasteiger partial charge >= 0.3 is 0 Å². The minimum absolute atomic E-state index is 0.133. The molecule has 0 radical (unpaired) electrons. The van der Waals surface area contributed by atoms with Crippen LogP contribution in [0.2, 0.25) is 0 Å². The second-order valence-electron chi connectivity index (χ2n) is 5.19. The Bertz CT molecular complexity index is 468. The molecule has 0 aromatic heterocycles. The largest absolute Gasteiger partial charge is 0.399 e. The number of amides is 1. The number of nitrogens with zero attached hydrogens (tertiary/aromatic N) is 2. The predicted molar refractivity (Wildman–Crippen MR) is 78.0 cm³/mol. The number of likely N-dealkylation sites (tertiary alicyclic amines) is 1. The summed E-state index contributed by atoms with van der Waals surface area (Å²) in [6.07, 6.45) is 0.970. The second kappa shape index (κ2) is 6.22. The van der Waals surface area contributed by atoms with Gasteiger partial charge in [0.2, 0.25) is 0 Å². The van der Waals surface area contributed by atoms with E-state index in [-0.39, 0.29) is 11.6 Å². The van der Waals surface area contributed by atoms with E-state index in [0.717, 1.165) is 26.1 Å². The van der Waals surface area contributed by atoms with Gasteiger partial charge in [0.05, 0.1) is 0 Å². The Labute approximate surface area is 119 Å². The highest BCUT2D eigenvalue weighted by Gasteiger charge is 2.29. The summed E-state index contributed by atoms with van der Waals surface area (Å²) in [5, 5.41) is 0. The number of likely N-dealkylation sites (N-methyl/N-ethyl adjacent to an activating group) is 1. The summed E-state index contributed by atoms with van der Waals surface area (Å²) in [5.41, 5.74) is 6.22. The van der Waals surface area contributed by atoms with E-state index >= 15 is 0 Å². The average Bonchev–Trinajstić information content (AvgIpc) is 2.88. The third-order valence-corrected chi connectivity index (χ3v) is 3.95. The van der Waals surface area contributed by atoms with Crippen molar-refractivity contribution in [2.24, 2.45) is 0 Å². The minimum atomic E-state index is -0.465. The fourth-order valence-corrected chi connectivity index (χ4v) is 2.88. The van der Waals surface area contributed by atoms with Crippen LogP contribution in [-0.2, 0) is 0 Å². The van der Waals surface area contributed by atoms with Crippen LogP contribution in [0, 0.1) is 5.82 Å². The molecule has 1 atom stereocenters. The van der Waals surface area contributed by atoms with E-state index in [1.165, 1.54) is 18.2 Å². The molecule has 1 heterocycles. The third kappa shape index (κ3) is 3.10. The number of carbonyl (C=O) groups excluding carboxylic acids is 1. The molecule has 2 N–H and O–H groups in total. The number of halogens is 1. The Hall–Kier alpha value is -1.62. The monoisotopic (exact) mass is 279 g/mol. The van der Waals surface area contributed by atoms with Gasteiger partial charge < -0.3 is 10.6 Å². The Kier molecular flexibility index (Phi) is 4.60. The van der Waals surface area contributed by atoms with Gasteiger partial charge in [0.25, 0.3) is 5.91 Å². The molecule has 1 aromatic carbocycles. The maximum Gasteiger partial charge on any atom is 0.254 e. The normalized spacial score (nSPS) is 18.8. The number of benzene rings is 1. The number of rotatable bonds is 4. The van der Waals surface area contributed by atoms with E-state index in [4.69, 9.17) is 5.73 Å². The van der Waals surface area contributed by atoms with Gasteiger partial charge in [-0.05, 0) is 37.7 Å². The zero-order valence-corrected chi connectivity index (χ0v) is 12.1. The lowest BCUT2D eigenvalue weighted by atomic mass is 10.1. The van der Waals surface area contributed by atoms with Crippen molar-refractivity contribution in [2.75, 3.05) is 31.9 Å². The van der Waals surface area contributed by atoms with Crippen molar-refractivity contribution in [3.63, 3.8) is 0 Å². The molecular formula is C15H22FN3O. The van der Waals surface area contributed by atoms with Crippen LogP contribution < -0.4 is 5.73 Å². The molecular weight excluding hydrogens is 257 g/mol. The molecule has 1 aromatic rings. The fourth-order valence-electron chi connectivity index (χ4n) is 2.88. The van der Waals surface area contributed by atoms with Gasteiger partial charge in [-0.3, -0.25) is 9.69 Å². The highest BCUT2D eigenvalue weighted by atomic mass is 19.1. The SMILES string of the molecule is CCN(CC)C1CCN(C(=O)c2cc(N)cc(F)c2)C1. The summed E-state index contributed by atoms with van der Waals surface area (Å²) in [4.78, 5) is 16.5. The minimum Gasteiger partial charge on any atom is -0.399 e. The molecule has 1 saturated heterocycles. The molecule has 0 aliphatic carbocycles. The molecule has 5 heteroatoms. The first-order chi connectivity index (χ1) is 9.55. The maximum absolute atomic E-state index is 13.3. The van der Waals surface area contributed by atoms with Crippen molar-refractivity contribution < 1.29 is 9.18 Å². The quantitative estimate of drug-likeness (QED) is 0.857. The molecule has 4 nitrogen and oxygen atoms in total. The summed E-state index contributed by atoms with van der Waals surface area (Å²) in [6.45, 7) is 7.64. The molecule has 0 spiro atoms. The van der Waals surface area contributed by atoms with Crippen molar-refractivity contribution in [3.05, 3.63) is 29.6 Å². The van der Waals surface area contributed by atoms with E-state index in [1.54, 1.807) is 4.90 Å². The van der Waals surface area contributed by atoms with Gasteiger partial charge in [-0.1, -0.05) is 13.8 Å². The number of nitrogen functional groups attached to an aromatic ring is 1. The Balaban J connectivity index is 2.07. The topological polar surface area (TPSA) is 49.6 Å². The first kappa shape index (κ1) is 14.8. The van der Waals surface area contributed by atoms with Gasteiger partial charge in [0.1, 0.15) is 5.82 Å². The molecule has 1 aliphatic rings. The van der Waals surface area contributed by atoms with Crippen LogP contribution in [0.25, 0.3) is 0 Å². The first-order valence-electron chi connectivity index (χ1n) is 7.14. The highest BCUT2D eigenvalue weighted by molar-refractivity contribution is 5.95. The molecule has 0 bridgehead atoms. The van der Waals surface area contributed by atoms with E-state index < -0.39 is 5.82 Å². The Morgan fingerprint density at radius 1 is 1.40 bits per heavy atom. The van der Waals surface area contributed by atoms with Crippen LogP contribution in [0.15, 0.2) is 18.2 Å². The summed E-state index contributed by atoms with van der Waals surface area (Å²) >= 11 is 0. The summed E-state index contributed by atoms with van der Waals surface area (Å²) in [6, 6.07) is 4.42. The van der Waals surface area contributed by atoms with Crippen molar-refractivity contribution in [1.29, 1.82) is 0 Å². The molecule has 1 fully saturated rings. The summed E-state index contributed by atoms with van der Waals surface area (Å²) in [5.74, 6) is -0.598. The van der Waals surface area contributed by atoms with Crippen LogP contribution in [-0.4, -0.2) is 47.9 Å². The maximum atomic E-state index is 13.3. The lowest BCUT2D eigenvalue weighted by Gasteiger charge is -2.26. The molecule has 20 heavy (non-hydrogen) atoms. The molecule has 1 unspecified atom stereocenters. The van der Waals surface area contributed by atoms with Gasteiger partial charge in [-0.15, -0.1) is 0 Å². The van der Waals surface area contributed by atoms with Gasteiger partial charge in [-0.25, -0.2) is 4.39 Å². The Morgan fingerprint density at radius 2 is 2.10 bits per heavy atom. The highest BCUT2D eigenvalue weighted by Crippen LogP contribution is 2.19. The number of hydrogen-bond acceptors (Lipinski definition) is 3. The van der Waals surface area contributed by atoms with Crippen LogP contribution in [0.1, 0.15) is 30.6 Å². The van der Waals surface area contributed by atoms with Gasteiger partial charge in [-0.2, -0.15) is 0 Å². The first-order valence-corrected chi connectivity index (χ1v) is 7.14. The number of hydrogen-bond donors (Lipinski definition) is 1. The predicted octanol–water partition coefficient (Wildman–Crippen LogP) is 1.96. The van der Waals surface area contributed by atoms with Crippen molar-refractivity contribution in [2.45, 2.75) is 26.3 Å².